The van der Waals surface area contributed by atoms with Crippen molar-refractivity contribution in [1.82, 2.24) is 9.97 Å². The van der Waals surface area contributed by atoms with Gasteiger partial charge >= 0.3 is 5.97 Å². The summed E-state index contributed by atoms with van der Waals surface area (Å²) < 4.78 is 0. The summed E-state index contributed by atoms with van der Waals surface area (Å²) in [5.74, 6) is 0.200. The van der Waals surface area contributed by atoms with Crippen LogP contribution in [0.25, 0.3) is 10.8 Å². The Kier molecular flexibility index (Phi) is 7.06. The van der Waals surface area contributed by atoms with E-state index in [2.05, 4.69) is 15.3 Å². The molecule has 0 atom stereocenters. The van der Waals surface area contributed by atoms with Gasteiger partial charge in [-0.2, -0.15) is 0 Å². The number of carboxylic acids is 1. The molecule has 4 aromatic rings. The molecule has 0 saturated heterocycles. The lowest BCUT2D eigenvalue weighted by atomic mass is 10.1. The summed E-state index contributed by atoms with van der Waals surface area (Å²) in [5, 5.41) is 14.4. The average Bonchev–Trinajstić information content (AvgIpc) is 2.85. The van der Waals surface area contributed by atoms with Crippen molar-refractivity contribution in [1.29, 1.82) is 0 Å². The van der Waals surface area contributed by atoms with Gasteiger partial charge in [0.1, 0.15) is 11.6 Å². The molecule has 0 aliphatic carbocycles. The molecular formula is C28H28N4O3. The molecule has 0 aliphatic rings. The maximum absolute atomic E-state index is 12.7. The van der Waals surface area contributed by atoms with E-state index in [0.29, 0.717) is 41.3 Å². The molecule has 3 aromatic carbocycles. The molecule has 0 spiro atoms. The molecular weight excluding hydrogens is 440 g/mol. The van der Waals surface area contributed by atoms with Gasteiger partial charge in [-0.1, -0.05) is 49.4 Å². The number of benzene rings is 3. The largest absolute Gasteiger partial charge is 0.481 e. The fourth-order valence-electron chi connectivity index (χ4n) is 4.06. The first kappa shape index (κ1) is 23.9. The minimum absolute atomic E-state index is 0.109. The zero-order chi connectivity index (χ0) is 24.9. The number of aliphatic carboxylic acids is 1. The van der Waals surface area contributed by atoms with Crippen molar-refractivity contribution in [2.24, 2.45) is 0 Å². The number of anilines is 2. The quantitative estimate of drug-likeness (QED) is 0.388. The van der Waals surface area contributed by atoms with Crippen molar-refractivity contribution >= 4 is 34.2 Å². The van der Waals surface area contributed by atoms with Gasteiger partial charge in [0.15, 0.2) is 0 Å². The Bertz CT molecular complexity index is 1380. The second kappa shape index (κ2) is 10.3. The normalized spacial score (nSPS) is 10.8. The van der Waals surface area contributed by atoms with E-state index in [1.54, 1.807) is 0 Å². The number of carboxylic acid groups (broad SMARTS) is 1. The number of hydrogen-bond donors (Lipinski definition) is 2. The molecule has 178 valence electrons. The first-order valence-electron chi connectivity index (χ1n) is 11.5. The third kappa shape index (κ3) is 5.63. The van der Waals surface area contributed by atoms with E-state index < -0.39 is 5.97 Å². The lowest BCUT2D eigenvalue weighted by Crippen LogP contribution is -2.19. The number of fused-ring (bicyclic) bond motifs is 1. The summed E-state index contributed by atoms with van der Waals surface area (Å²) in [6.07, 6.45) is 1.02. The second-order valence-corrected chi connectivity index (χ2v) is 8.60. The molecule has 4 rings (SSSR count). The second-order valence-electron chi connectivity index (χ2n) is 8.60. The number of amides is 1. The highest BCUT2D eigenvalue weighted by Gasteiger charge is 2.18. The number of rotatable bonds is 8. The smallest absolute Gasteiger partial charge is 0.308 e. The highest BCUT2D eigenvalue weighted by atomic mass is 16.4. The monoisotopic (exact) mass is 468 g/mol. The van der Waals surface area contributed by atoms with Crippen LogP contribution in [0.2, 0.25) is 0 Å². The minimum atomic E-state index is -0.902. The van der Waals surface area contributed by atoms with Crippen molar-refractivity contribution in [3.05, 3.63) is 94.9 Å². The lowest BCUT2D eigenvalue weighted by Gasteiger charge is -2.19. The average molecular weight is 469 g/mol. The fourth-order valence-corrected chi connectivity index (χ4v) is 4.06. The van der Waals surface area contributed by atoms with Crippen LogP contribution in [0, 0.1) is 0 Å². The van der Waals surface area contributed by atoms with Crippen LogP contribution in [0.1, 0.15) is 39.9 Å². The van der Waals surface area contributed by atoms with Gasteiger partial charge in [0, 0.05) is 43.0 Å². The first-order chi connectivity index (χ1) is 16.8. The topological polar surface area (TPSA) is 95.4 Å². The van der Waals surface area contributed by atoms with Crippen LogP contribution in [-0.2, 0) is 24.1 Å². The predicted octanol–water partition coefficient (Wildman–Crippen LogP) is 4.73. The molecule has 0 saturated carbocycles. The first-order valence-corrected chi connectivity index (χ1v) is 11.5. The summed E-state index contributed by atoms with van der Waals surface area (Å²) in [5.41, 5.74) is 3.70. The number of aryl methyl sites for hydroxylation is 1. The van der Waals surface area contributed by atoms with Crippen molar-refractivity contribution in [2.45, 2.75) is 26.2 Å². The van der Waals surface area contributed by atoms with E-state index in [1.807, 2.05) is 92.6 Å². The van der Waals surface area contributed by atoms with Gasteiger partial charge in [0.2, 0.25) is 0 Å². The molecule has 7 heteroatoms. The van der Waals surface area contributed by atoms with E-state index in [4.69, 9.17) is 0 Å². The summed E-state index contributed by atoms with van der Waals surface area (Å²) in [7, 11) is 3.70. The fraction of sp³-hybridized carbons (Fsp3) is 0.214. The van der Waals surface area contributed by atoms with Crippen molar-refractivity contribution < 1.29 is 14.7 Å². The molecule has 2 N–H and O–H groups in total. The SMILES string of the molecule is CCc1nc(Cc2ccc(NC(=O)c3ccc4ccccc4c3)cc2)nc(N(C)C)c1CC(=O)O. The van der Waals surface area contributed by atoms with Crippen LogP contribution in [-0.4, -0.2) is 41.0 Å². The van der Waals surface area contributed by atoms with E-state index >= 15 is 0 Å². The third-order valence-electron chi connectivity index (χ3n) is 5.79. The van der Waals surface area contributed by atoms with Crippen molar-refractivity contribution in [3.8, 4) is 0 Å². The number of nitrogens with one attached hydrogen (secondary N) is 1. The number of aromatic nitrogens is 2. The summed E-state index contributed by atoms with van der Waals surface area (Å²) in [6.45, 7) is 1.96. The molecule has 1 amide bonds. The predicted molar refractivity (Wildman–Crippen MR) is 138 cm³/mol. The highest BCUT2D eigenvalue weighted by molar-refractivity contribution is 6.06. The van der Waals surface area contributed by atoms with Crippen molar-refractivity contribution in [2.75, 3.05) is 24.3 Å². The molecule has 1 heterocycles. The number of nitrogens with zero attached hydrogens (tertiary/aromatic N) is 3. The van der Waals surface area contributed by atoms with Crippen molar-refractivity contribution in [3.63, 3.8) is 0 Å². The number of hydrogen-bond acceptors (Lipinski definition) is 5. The molecule has 7 nitrogen and oxygen atoms in total. The zero-order valence-electron chi connectivity index (χ0n) is 20.1. The summed E-state index contributed by atoms with van der Waals surface area (Å²) in [4.78, 5) is 35.2. The Morgan fingerprint density at radius 2 is 1.66 bits per heavy atom. The van der Waals surface area contributed by atoms with Crippen LogP contribution >= 0.6 is 0 Å². The maximum Gasteiger partial charge on any atom is 0.308 e. The Morgan fingerprint density at radius 3 is 2.31 bits per heavy atom. The molecule has 0 radical (unpaired) electrons. The molecule has 0 aliphatic heterocycles. The minimum Gasteiger partial charge on any atom is -0.481 e. The molecule has 0 bridgehead atoms. The Labute approximate surface area is 204 Å². The van der Waals surface area contributed by atoms with Crippen LogP contribution in [0.4, 0.5) is 11.5 Å². The number of carbonyl (C=O) groups is 2. The van der Waals surface area contributed by atoms with E-state index in [0.717, 1.165) is 22.0 Å². The van der Waals surface area contributed by atoms with Crippen LogP contribution in [0.15, 0.2) is 66.7 Å². The van der Waals surface area contributed by atoms with Gasteiger partial charge in [-0.3, -0.25) is 9.59 Å². The standard InChI is InChI=1S/C28H28N4O3/c1-4-24-23(17-26(33)34)27(32(2)3)31-25(30-24)15-18-9-13-22(14-10-18)29-28(35)21-12-11-19-7-5-6-8-20(19)16-21/h5-14,16H,4,15,17H2,1-3H3,(H,29,35)(H,33,34). The van der Waals surface area contributed by atoms with Crippen LogP contribution in [0.5, 0.6) is 0 Å². The van der Waals surface area contributed by atoms with Gasteiger partial charge in [0.25, 0.3) is 5.91 Å². The van der Waals surface area contributed by atoms with E-state index in [-0.39, 0.29) is 12.3 Å². The Balaban J connectivity index is 1.50. The van der Waals surface area contributed by atoms with Gasteiger partial charge in [-0.15, -0.1) is 0 Å². The molecule has 0 fully saturated rings. The number of carbonyl (C=O) groups excluding carboxylic acids is 1. The van der Waals surface area contributed by atoms with Gasteiger partial charge in [-0.25, -0.2) is 9.97 Å². The Hall–Kier alpha value is -4.26. The van der Waals surface area contributed by atoms with Gasteiger partial charge < -0.3 is 15.3 Å². The molecule has 0 unspecified atom stereocenters. The highest BCUT2D eigenvalue weighted by Crippen LogP contribution is 2.23. The van der Waals surface area contributed by atoms with Gasteiger partial charge in [-0.05, 0) is 47.0 Å². The summed E-state index contributed by atoms with van der Waals surface area (Å²) >= 11 is 0. The van der Waals surface area contributed by atoms with E-state index in [1.165, 1.54) is 0 Å². The molecule has 35 heavy (non-hydrogen) atoms. The molecule has 1 aromatic heterocycles. The van der Waals surface area contributed by atoms with E-state index in [9.17, 15) is 14.7 Å². The van der Waals surface area contributed by atoms with Crippen LogP contribution < -0.4 is 10.2 Å². The van der Waals surface area contributed by atoms with Crippen LogP contribution in [0.3, 0.4) is 0 Å². The summed E-state index contributed by atoms with van der Waals surface area (Å²) in [6, 6.07) is 21.2. The Morgan fingerprint density at radius 1 is 0.943 bits per heavy atom. The lowest BCUT2D eigenvalue weighted by molar-refractivity contribution is -0.136. The van der Waals surface area contributed by atoms with Gasteiger partial charge in [0.05, 0.1) is 6.42 Å². The zero-order valence-corrected chi connectivity index (χ0v) is 20.1. The third-order valence-corrected chi connectivity index (χ3v) is 5.79. The maximum atomic E-state index is 12.7.